The lowest BCUT2D eigenvalue weighted by molar-refractivity contribution is -0.138. The maximum absolute atomic E-state index is 13.2. The second-order valence-electron chi connectivity index (χ2n) is 7.95. The molecule has 1 aliphatic heterocycles. The third-order valence-corrected chi connectivity index (χ3v) is 5.54. The summed E-state index contributed by atoms with van der Waals surface area (Å²) in [5, 5.41) is 11.8. The van der Waals surface area contributed by atoms with Gasteiger partial charge in [0, 0.05) is 44.2 Å². The number of nitrogens with zero attached hydrogens (tertiary/aromatic N) is 4. The van der Waals surface area contributed by atoms with Crippen molar-refractivity contribution in [3.8, 4) is 17.3 Å². The first-order chi connectivity index (χ1) is 17.3. The molecule has 1 fully saturated rings. The van der Waals surface area contributed by atoms with E-state index in [2.05, 4.69) is 15.3 Å². The Labute approximate surface area is 208 Å². The van der Waals surface area contributed by atoms with E-state index < -0.39 is 29.9 Å². The van der Waals surface area contributed by atoms with E-state index in [1.165, 1.54) is 23.0 Å². The van der Waals surface area contributed by atoms with Gasteiger partial charge in [-0.25, -0.2) is 9.78 Å². The van der Waals surface area contributed by atoms with Gasteiger partial charge in [-0.15, -0.1) is 0 Å². The van der Waals surface area contributed by atoms with Gasteiger partial charge in [0.2, 0.25) is 11.8 Å². The molecule has 1 aromatic heterocycles. The molecule has 0 saturated carbocycles. The van der Waals surface area contributed by atoms with Crippen LogP contribution in [0.1, 0.15) is 30.3 Å². The summed E-state index contributed by atoms with van der Waals surface area (Å²) in [5.74, 6) is -1.76. The Morgan fingerprint density at radius 3 is 2.33 bits per heavy atom. The molecular weight excluding hydrogens is 470 g/mol. The van der Waals surface area contributed by atoms with E-state index in [9.17, 15) is 19.2 Å². The van der Waals surface area contributed by atoms with Crippen LogP contribution in [0, 0.1) is 0 Å². The quantitative estimate of drug-likeness (QED) is 0.522. The predicted molar refractivity (Wildman–Crippen MR) is 127 cm³/mol. The number of hydrogen-bond donors (Lipinski definition) is 2. The van der Waals surface area contributed by atoms with Crippen LogP contribution in [-0.2, 0) is 14.3 Å². The van der Waals surface area contributed by atoms with Crippen LogP contribution < -0.4 is 10.1 Å². The van der Waals surface area contributed by atoms with Crippen molar-refractivity contribution in [3.05, 3.63) is 42.1 Å². The zero-order valence-electron chi connectivity index (χ0n) is 20.2. The highest BCUT2D eigenvalue weighted by atomic mass is 16.6. The number of ether oxygens (including phenoxy) is 2. The molecule has 36 heavy (non-hydrogen) atoms. The third kappa shape index (κ3) is 6.90. The molecule has 1 saturated heterocycles. The van der Waals surface area contributed by atoms with E-state index >= 15 is 0 Å². The highest BCUT2D eigenvalue weighted by Crippen LogP contribution is 2.19. The minimum absolute atomic E-state index is 0.0269. The van der Waals surface area contributed by atoms with Gasteiger partial charge in [-0.3, -0.25) is 14.4 Å². The molecule has 12 heteroatoms. The van der Waals surface area contributed by atoms with Gasteiger partial charge in [0.05, 0.1) is 13.7 Å². The molecule has 3 rings (SSSR count). The van der Waals surface area contributed by atoms with Gasteiger partial charge < -0.3 is 29.7 Å². The number of aliphatic carboxylic acids is 1. The summed E-state index contributed by atoms with van der Waals surface area (Å²) in [7, 11) is 1.41. The van der Waals surface area contributed by atoms with Gasteiger partial charge in [-0.05, 0) is 13.3 Å². The van der Waals surface area contributed by atoms with Gasteiger partial charge in [0.15, 0.2) is 5.82 Å². The molecule has 1 atom stereocenters. The molecule has 192 valence electrons. The molecule has 1 aliphatic rings. The Hall–Kier alpha value is -4.22. The number of carboxylic acid groups (broad SMARTS) is 1. The molecule has 0 aliphatic carbocycles. The molecule has 2 heterocycles. The summed E-state index contributed by atoms with van der Waals surface area (Å²) in [4.78, 5) is 61.0. The lowest BCUT2D eigenvalue weighted by atomic mass is 10.1. The molecule has 1 aromatic carbocycles. The Morgan fingerprint density at radius 1 is 1.06 bits per heavy atom. The lowest BCUT2D eigenvalue weighted by Gasteiger charge is -2.35. The molecule has 2 aromatic rings. The SMILES string of the molecule is CCOC(=O)N1CCN(C(=O)C(CCC(=O)O)NC(=O)c2cc(OC)nc(-c3ccccc3)n2)CC1. The number of carbonyl (C=O) groups excluding carboxylic acids is 3. The van der Waals surface area contributed by atoms with E-state index in [-0.39, 0.29) is 63.0 Å². The molecular formula is C24H29N5O7. The van der Waals surface area contributed by atoms with Crippen molar-refractivity contribution in [3.63, 3.8) is 0 Å². The predicted octanol–water partition coefficient (Wildman–Crippen LogP) is 1.42. The summed E-state index contributed by atoms with van der Waals surface area (Å²) < 4.78 is 10.2. The number of carbonyl (C=O) groups is 4. The van der Waals surface area contributed by atoms with Crippen LogP contribution in [0.4, 0.5) is 4.79 Å². The van der Waals surface area contributed by atoms with Crippen LogP contribution in [0.5, 0.6) is 5.88 Å². The summed E-state index contributed by atoms with van der Waals surface area (Å²) in [6.45, 7) is 2.97. The molecule has 12 nitrogen and oxygen atoms in total. The first-order valence-electron chi connectivity index (χ1n) is 11.5. The average molecular weight is 500 g/mol. The van der Waals surface area contributed by atoms with Crippen molar-refractivity contribution in [1.82, 2.24) is 25.1 Å². The standard InChI is InChI=1S/C24H29N5O7/c1-3-36-24(34)29-13-11-28(12-14-29)23(33)17(9-10-20(30)31)26-22(32)18-15-19(35-2)27-21(25-18)16-7-5-4-6-8-16/h4-8,15,17H,3,9-14H2,1-2H3,(H,26,32)(H,30,31). The van der Waals surface area contributed by atoms with Crippen LogP contribution in [0.2, 0.25) is 0 Å². The number of nitrogens with one attached hydrogen (secondary N) is 1. The topological polar surface area (TPSA) is 151 Å². The Bertz CT molecular complexity index is 1090. The number of amides is 3. The first-order valence-corrected chi connectivity index (χ1v) is 11.5. The number of aromatic nitrogens is 2. The van der Waals surface area contributed by atoms with Gasteiger partial charge in [0.25, 0.3) is 5.91 Å². The van der Waals surface area contributed by atoms with Crippen molar-refractivity contribution in [2.75, 3.05) is 39.9 Å². The number of methoxy groups -OCH3 is 1. The first kappa shape index (κ1) is 26.4. The number of piperazine rings is 1. The monoisotopic (exact) mass is 499 g/mol. The van der Waals surface area contributed by atoms with Crippen LogP contribution in [0.15, 0.2) is 36.4 Å². The largest absolute Gasteiger partial charge is 0.481 e. The van der Waals surface area contributed by atoms with Crippen LogP contribution in [0.3, 0.4) is 0 Å². The second-order valence-corrected chi connectivity index (χ2v) is 7.95. The Balaban J connectivity index is 1.76. The molecule has 2 N–H and O–H groups in total. The smallest absolute Gasteiger partial charge is 0.409 e. The van der Waals surface area contributed by atoms with Crippen molar-refractivity contribution < 1.29 is 33.8 Å². The molecule has 1 unspecified atom stereocenters. The molecule has 0 bridgehead atoms. The zero-order valence-corrected chi connectivity index (χ0v) is 20.2. The third-order valence-electron chi connectivity index (χ3n) is 5.54. The van der Waals surface area contributed by atoms with E-state index in [1.807, 2.05) is 6.07 Å². The number of rotatable bonds is 9. The summed E-state index contributed by atoms with van der Waals surface area (Å²) >= 11 is 0. The summed E-state index contributed by atoms with van der Waals surface area (Å²) in [6, 6.07) is 9.27. The van der Waals surface area contributed by atoms with E-state index in [4.69, 9.17) is 14.6 Å². The zero-order chi connectivity index (χ0) is 26.1. The van der Waals surface area contributed by atoms with E-state index in [0.717, 1.165) is 0 Å². The minimum atomic E-state index is -1.09. The second kappa shape index (κ2) is 12.5. The average Bonchev–Trinajstić information content (AvgIpc) is 2.90. The fraction of sp³-hybridized carbons (Fsp3) is 0.417. The fourth-order valence-electron chi connectivity index (χ4n) is 3.66. The summed E-state index contributed by atoms with van der Waals surface area (Å²) in [6.07, 6.45) is -0.875. The maximum atomic E-state index is 13.2. The normalized spacial score (nSPS) is 14.1. The van der Waals surface area contributed by atoms with E-state index in [1.54, 1.807) is 31.2 Å². The maximum Gasteiger partial charge on any atom is 0.409 e. The highest BCUT2D eigenvalue weighted by Gasteiger charge is 2.31. The number of carboxylic acids is 1. The number of hydrogen-bond acceptors (Lipinski definition) is 8. The molecule has 3 amide bonds. The minimum Gasteiger partial charge on any atom is -0.481 e. The van der Waals surface area contributed by atoms with Crippen LogP contribution >= 0.6 is 0 Å². The van der Waals surface area contributed by atoms with Crippen LogP contribution in [-0.4, -0.2) is 94.7 Å². The Morgan fingerprint density at radius 2 is 1.72 bits per heavy atom. The lowest BCUT2D eigenvalue weighted by Crippen LogP contribution is -2.56. The van der Waals surface area contributed by atoms with Crippen molar-refractivity contribution in [2.45, 2.75) is 25.8 Å². The number of benzene rings is 1. The van der Waals surface area contributed by atoms with E-state index in [0.29, 0.717) is 5.56 Å². The Kier molecular flexibility index (Phi) is 9.14. The van der Waals surface area contributed by atoms with Gasteiger partial charge in [-0.2, -0.15) is 4.98 Å². The fourth-order valence-corrected chi connectivity index (χ4v) is 3.66. The van der Waals surface area contributed by atoms with Gasteiger partial charge >= 0.3 is 12.1 Å². The van der Waals surface area contributed by atoms with Crippen molar-refractivity contribution >= 4 is 23.9 Å². The van der Waals surface area contributed by atoms with Crippen molar-refractivity contribution in [2.24, 2.45) is 0 Å². The van der Waals surface area contributed by atoms with Crippen molar-refractivity contribution in [1.29, 1.82) is 0 Å². The highest BCUT2D eigenvalue weighted by molar-refractivity contribution is 5.96. The van der Waals surface area contributed by atoms with Crippen LogP contribution in [0.25, 0.3) is 11.4 Å². The molecule has 0 spiro atoms. The summed E-state index contributed by atoms with van der Waals surface area (Å²) in [5.41, 5.74) is 0.643. The van der Waals surface area contributed by atoms with Gasteiger partial charge in [0.1, 0.15) is 11.7 Å². The molecule has 0 radical (unpaired) electrons. The van der Waals surface area contributed by atoms with Gasteiger partial charge in [-0.1, -0.05) is 30.3 Å².